The molecule has 0 saturated carbocycles. The zero-order valence-electron chi connectivity index (χ0n) is 13.1. The molecule has 0 atom stereocenters. The molecule has 2 rings (SSSR count). The average Bonchev–Trinajstić information content (AvgIpc) is 2.59. The van der Waals surface area contributed by atoms with Gasteiger partial charge in [-0.3, -0.25) is 21.0 Å². The summed E-state index contributed by atoms with van der Waals surface area (Å²) in [4.78, 5) is 12.0. The van der Waals surface area contributed by atoms with Crippen LogP contribution in [0.1, 0.15) is 21.5 Å². The molecule has 0 heterocycles. The molecule has 0 aliphatic rings. The van der Waals surface area contributed by atoms with E-state index in [1.165, 1.54) is 0 Å². The van der Waals surface area contributed by atoms with Gasteiger partial charge >= 0.3 is 0 Å². The lowest BCUT2D eigenvalue weighted by Gasteiger charge is -2.13. The predicted molar refractivity (Wildman–Crippen MR) is 103 cm³/mol. The van der Waals surface area contributed by atoms with Gasteiger partial charge in [0, 0.05) is 12.1 Å². The summed E-state index contributed by atoms with van der Waals surface area (Å²) in [6.45, 7) is 2.55. The van der Waals surface area contributed by atoms with E-state index in [0.717, 1.165) is 11.1 Å². The number of nitrogens with one attached hydrogen (secondary N) is 4. The van der Waals surface area contributed by atoms with E-state index < -0.39 is 0 Å². The van der Waals surface area contributed by atoms with Gasteiger partial charge in [0.15, 0.2) is 10.2 Å². The number of thiocarbonyl (C=S) groups is 2. The monoisotopic (exact) mass is 358 g/mol. The molecule has 1 amide bonds. The summed E-state index contributed by atoms with van der Waals surface area (Å²) in [5, 5.41) is 6.13. The Morgan fingerprint density at radius 1 is 0.917 bits per heavy atom. The van der Waals surface area contributed by atoms with Crippen LogP contribution in [-0.4, -0.2) is 16.1 Å². The predicted octanol–water partition coefficient (Wildman–Crippen LogP) is 2.18. The number of aryl methyl sites for hydroxylation is 1. The molecule has 0 aliphatic heterocycles. The summed E-state index contributed by atoms with van der Waals surface area (Å²) < 4.78 is 0. The largest absolute Gasteiger partial charge is 0.357 e. The smallest absolute Gasteiger partial charge is 0.257 e. The summed E-state index contributed by atoms with van der Waals surface area (Å²) in [7, 11) is 0. The molecule has 0 unspecified atom stereocenters. The van der Waals surface area contributed by atoms with Crippen LogP contribution in [0.15, 0.2) is 54.6 Å². The molecule has 124 valence electrons. The van der Waals surface area contributed by atoms with Crippen LogP contribution < -0.4 is 21.5 Å². The van der Waals surface area contributed by atoms with Gasteiger partial charge in [0.2, 0.25) is 0 Å². The Hall–Kier alpha value is -2.51. The first-order chi connectivity index (χ1) is 11.5. The minimum Gasteiger partial charge on any atom is -0.357 e. The zero-order chi connectivity index (χ0) is 17.4. The van der Waals surface area contributed by atoms with Crippen molar-refractivity contribution in [1.82, 2.24) is 21.5 Å². The van der Waals surface area contributed by atoms with Crippen molar-refractivity contribution in [2.24, 2.45) is 0 Å². The quantitative estimate of drug-likeness (QED) is 0.498. The fraction of sp³-hybridized carbons (Fsp3) is 0.118. The molecule has 2 aromatic carbocycles. The van der Waals surface area contributed by atoms with Gasteiger partial charge in [0.05, 0.1) is 0 Å². The Balaban J connectivity index is 1.71. The maximum atomic E-state index is 12.0. The van der Waals surface area contributed by atoms with Gasteiger partial charge in [-0.1, -0.05) is 48.0 Å². The first kappa shape index (κ1) is 17.8. The van der Waals surface area contributed by atoms with Crippen LogP contribution in [0.2, 0.25) is 0 Å². The van der Waals surface area contributed by atoms with Gasteiger partial charge in [0.25, 0.3) is 5.91 Å². The van der Waals surface area contributed by atoms with E-state index >= 15 is 0 Å². The molecule has 24 heavy (non-hydrogen) atoms. The third-order valence-electron chi connectivity index (χ3n) is 3.13. The summed E-state index contributed by atoms with van der Waals surface area (Å²) in [5.41, 5.74) is 8.14. The molecular formula is C17H18N4OS2. The van der Waals surface area contributed by atoms with Crippen molar-refractivity contribution in [1.29, 1.82) is 0 Å². The number of hydrazine groups is 1. The minimum absolute atomic E-state index is 0.143. The molecular weight excluding hydrogens is 340 g/mol. The molecule has 4 N–H and O–H groups in total. The van der Waals surface area contributed by atoms with E-state index in [-0.39, 0.29) is 11.0 Å². The third kappa shape index (κ3) is 5.94. The lowest BCUT2D eigenvalue weighted by atomic mass is 10.1. The Bertz CT molecular complexity index is 717. The highest BCUT2D eigenvalue weighted by Crippen LogP contribution is 2.02. The molecule has 0 aromatic heterocycles. The Morgan fingerprint density at radius 2 is 1.54 bits per heavy atom. The average molecular weight is 358 g/mol. The first-order valence-corrected chi connectivity index (χ1v) is 8.12. The number of benzene rings is 2. The van der Waals surface area contributed by atoms with Crippen molar-refractivity contribution in [3.8, 4) is 0 Å². The van der Waals surface area contributed by atoms with Crippen LogP contribution >= 0.6 is 24.4 Å². The molecule has 2 aromatic rings. The fourth-order valence-electron chi connectivity index (χ4n) is 1.85. The highest BCUT2D eigenvalue weighted by Gasteiger charge is 2.07. The molecule has 0 bridgehead atoms. The van der Waals surface area contributed by atoms with Crippen molar-refractivity contribution in [3.05, 3.63) is 71.3 Å². The van der Waals surface area contributed by atoms with Crippen LogP contribution in [0.25, 0.3) is 0 Å². The van der Waals surface area contributed by atoms with Crippen molar-refractivity contribution in [2.45, 2.75) is 13.5 Å². The van der Waals surface area contributed by atoms with E-state index in [1.807, 2.05) is 49.4 Å². The second kappa shape index (κ2) is 8.95. The van der Waals surface area contributed by atoms with E-state index in [4.69, 9.17) is 24.4 Å². The van der Waals surface area contributed by atoms with Crippen LogP contribution in [-0.2, 0) is 6.54 Å². The van der Waals surface area contributed by atoms with Crippen molar-refractivity contribution < 1.29 is 4.79 Å². The van der Waals surface area contributed by atoms with Gasteiger partial charge in [-0.05, 0) is 49.1 Å². The van der Waals surface area contributed by atoms with E-state index in [1.54, 1.807) is 12.1 Å². The molecule has 0 spiro atoms. The van der Waals surface area contributed by atoms with Crippen molar-refractivity contribution >= 4 is 40.6 Å². The standard InChI is InChI=1S/C17H18N4OS2/c1-12-7-9-14(10-8-12)15(22)19-17(24)21-20-16(23)18-11-13-5-3-2-4-6-13/h2-10H,11H2,1H3,(H2,18,20,23)(H2,19,21,22,24). The zero-order valence-corrected chi connectivity index (χ0v) is 14.8. The second-order valence-corrected chi connectivity index (χ2v) is 5.88. The van der Waals surface area contributed by atoms with Crippen LogP contribution in [0.3, 0.4) is 0 Å². The molecule has 0 saturated heterocycles. The number of hydrogen-bond acceptors (Lipinski definition) is 3. The number of rotatable bonds is 3. The second-order valence-electron chi connectivity index (χ2n) is 5.07. The normalized spacial score (nSPS) is 9.71. The lowest BCUT2D eigenvalue weighted by molar-refractivity contribution is 0.0976. The molecule has 7 heteroatoms. The Labute approximate surface area is 151 Å². The van der Waals surface area contributed by atoms with Crippen molar-refractivity contribution in [3.63, 3.8) is 0 Å². The highest BCUT2D eigenvalue weighted by atomic mass is 32.1. The highest BCUT2D eigenvalue weighted by molar-refractivity contribution is 7.80. The third-order valence-corrected chi connectivity index (χ3v) is 3.58. The summed E-state index contributed by atoms with van der Waals surface area (Å²) >= 11 is 10.2. The maximum absolute atomic E-state index is 12.0. The Morgan fingerprint density at radius 3 is 2.21 bits per heavy atom. The number of carbonyl (C=O) groups is 1. The maximum Gasteiger partial charge on any atom is 0.257 e. The molecule has 5 nitrogen and oxygen atoms in total. The van der Waals surface area contributed by atoms with Crippen LogP contribution in [0.4, 0.5) is 0 Å². The van der Waals surface area contributed by atoms with E-state index in [9.17, 15) is 4.79 Å². The molecule has 0 radical (unpaired) electrons. The van der Waals surface area contributed by atoms with E-state index in [2.05, 4.69) is 21.5 Å². The summed E-state index contributed by atoms with van der Waals surface area (Å²) in [5.74, 6) is -0.280. The summed E-state index contributed by atoms with van der Waals surface area (Å²) in [6, 6.07) is 17.1. The minimum atomic E-state index is -0.280. The van der Waals surface area contributed by atoms with Gasteiger partial charge in [0.1, 0.15) is 0 Å². The lowest BCUT2D eigenvalue weighted by Crippen LogP contribution is -2.51. The van der Waals surface area contributed by atoms with Gasteiger partial charge in [-0.2, -0.15) is 0 Å². The summed E-state index contributed by atoms with van der Waals surface area (Å²) in [6.07, 6.45) is 0. The SMILES string of the molecule is Cc1ccc(C(=O)NC(=S)NNC(=S)NCc2ccccc2)cc1. The van der Waals surface area contributed by atoms with E-state index in [0.29, 0.717) is 17.2 Å². The number of carbonyl (C=O) groups excluding carboxylic acids is 1. The Kier molecular flexibility index (Phi) is 6.65. The molecule has 0 fully saturated rings. The molecule has 0 aliphatic carbocycles. The number of amides is 1. The van der Waals surface area contributed by atoms with Gasteiger partial charge in [-0.15, -0.1) is 0 Å². The number of hydrogen-bond donors (Lipinski definition) is 4. The van der Waals surface area contributed by atoms with Crippen LogP contribution in [0.5, 0.6) is 0 Å². The van der Waals surface area contributed by atoms with Gasteiger partial charge < -0.3 is 5.32 Å². The van der Waals surface area contributed by atoms with Crippen LogP contribution in [0, 0.1) is 6.92 Å². The van der Waals surface area contributed by atoms with Crippen molar-refractivity contribution in [2.75, 3.05) is 0 Å². The fourth-order valence-corrected chi connectivity index (χ4v) is 2.11. The van der Waals surface area contributed by atoms with Gasteiger partial charge in [-0.25, -0.2) is 0 Å². The topological polar surface area (TPSA) is 65.2 Å². The first-order valence-electron chi connectivity index (χ1n) is 7.30.